The third-order valence-electron chi connectivity index (χ3n) is 2.93. The number of aliphatic hydroxyl groups is 1. The first-order valence-electron chi connectivity index (χ1n) is 4.62. The number of fused-ring (bicyclic) bond motifs is 1. The first-order chi connectivity index (χ1) is 6.09. The van der Waals surface area contributed by atoms with Crippen LogP contribution in [0, 0.1) is 11.8 Å². The molecule has 4 heteroatoms. The Hall–Kier alpha value is -0.0900. The zero-order valence-electron chi connectivity index (χ0n) is 7.44. The van der Waals surface area contributed by atoms with Crippen LogP contribution in [0.5, 0.6) is 0 Å². The summed E-state index contributed by atoms with van der Waals surface area (Å²) in [4.78, 5) is 11.0. The quantitative estimate of drug-likeness (QED) is 0.588. The summed E-state index contributed by atoms with van der Waals surface area (Å²) >= 11 is 3.16. The van der Waals surface area contributed by atoms with Gasteiger partial charge in [-0.3, -0.25) is 4.79 Å². The molecule has 0 aromatic heterocycles. The smallest absolute Gasteiger partial charge is 0.319 e. The van der Waals surface area contributed by atoms with Crippen LogP contribution in [0.3, 0.4) is 0 Å². The van der Waals surface area contributed by atoms with Crippen molar-refractivity contribution < 1.29 is 14.6 Å². The average Bonchev–Trinajstić information content (AvgIpc) is 2.76. The number of esters is 1. The first kappa shape index (κ1) is 9.46. The molecule has 3 nitrogen and oxygen atoms in total. The number of halogens is 1. The van der Waals surface area contributed by atoms with Crippen LogP contribution >= 0.6 is 15.9 Å². The van der Waals surface area contributed by atoms with E-state index in [1.807, 2.05) is 0 Å². The van der Waals surface area contributed by atoms with Crippen molar-refractivity contribution in [2.75, 3.05) is 0 Å². The molecule has 2 fully saturated rings. The van der Waals surface area contributed by atoms with Gasteiger partial charge in [-0.1, -0.05) is 15.9 Å². The molecule has 0 heterocycles. The third-order valence-corrected chi connectivity index (χ3v) is 3.30. The SMILES string of the molecule is C[C@H](Br)C(=O)O[C@@H]1C[C@H](O)C2CC21. The van der Waals surface area contributed by atoms with Crippen LogP contribution in [0.2, 0.25) is 0 Å². The number of aliphatic hydroxyl groups excluding tert-OH is 1. The zero-order chi connectivity index (χ0) is 9.59. The van der Waals surface area contributed by atoms with Gasteiger partial charge < -0.3 is 9.84 Å². The Bertz CT molecular complexity index is 229. The van der Waals surface area contributed by atoms with Crippen LogP contribution in [0.25, 0.3) is 0 Å². The Morgan fingerprint density at radius 3 is 2.62 bits per heavy atom. The third kappa shape index (κ3) is 1.74. The van der Waals surface area contributed by atoms with E-state index in [1.54, 1.807) is 6.92 Å². The minimum atomic E-state index is -0.248. The molecule has 0 spiro atoms. The molecule has 2 rings (SSSR count). The molecule has 0 radical (unpaired) electrons. The summed E-state index contributed by atoms with van der Waals surface area (Å²) in [7, 11) is 0. The van der Waals surface area contributed by atoms with Crippen molar-refractivity contribution in [3.63, 3.8) is 0 Å². The highest BCUT2D eigenvalue weighted by Crippen LogP contribution is 2.53. The molecule has 0 aromatic carbocycles. The summed E-state index contributed by atoms with van der Waals surface area (Å²) in [6.07, 6.45) is 1.37. The monoisotopic (exact) mass is 248 g/mol. The lowest BCUT2D eigenvalue weighted by Gasteiger charge is -2.15. The predicted octanol–water partition coefficient (Wildman–Crippen LogP) is 1.08. The van der Waals surface area contributed by atoms with E-state index in [2.05, 4.69) is 15.9 Å². The van der Waals surface area contributed by atoms with E-state index in [9.17, 15) is 9.90 Å². The molecule has 2 aliphatic rings. The van der Waals surface area contributed by atoms with E-state index < -0.39 is 0 Å². The van der Waals surface area contributed by atoms with E-state index >= 15 is 0 Å². The van der Waals surface area contributed by atoms with Gasteiger partial charge in [-0.2, -0.15) is 0 Å². The fraction of sp³-hybridized carbons (Fsp3) is 0.889. The molecule has 74 valence electrons. The molecule has 0 bridgehead atoms. The molecule has 0 saturated heterocycles. The highest BCUT2D eigenvalue weighted by molar-refractivity contribution is 9.10. The van der Waals surface area contributed by atoms with Crippen LogP contribution in [-0.4, -0.2) is 28.1 Å². The molecule has 0 aromatic rings. The summed E-state index contributed by atoms with van der Waals surface area (Å²) in [5.41, 5.74) is 0. The number of hydrogen-bond donors (Lipinski definition) is 1. The maximum atomic E-state index is 11.2. The number of carbonyl (C=O) groups is 1. The molecule has 2 saturated carbocycles. The number of alkyl halides is 1. The van der Waals surface area contributed by atoms with Crippen molar-refractivity contribution in [2.24, 2.45) is 11.8 Å². The van der Waals surface area contributed by atoms with Crippen LogP contribution in [0.4, 0.5) is 0 Å². The van der Waals surface area contributed by atoms with Gasteiger partial charge in [0.1, 0.15) is 10.9 Å². The Morgan fingerprint density at radius 1 is 1.54 bits per heavy atom. The van der Waals surface area contributed by atoms with Gasteiger partial charge in [-0.15, -0.1) is 0 Å². The largest absolute Gasteiger partial charge is 0.461 e. The van der Waals surface area contributed by atoms with Crippen molar-refractivity contribution in [3.8, 4) is 0 Å². The molecular weight excluding hydrogens is 236 g/mol. The van der Waals surface area contributed by atoms with E-state index in [4.69, 9.17) is 4.74 Å². The van der Waals surface area contributed by atoms with E-state index in [-0.39, 0.29) is 23.0 Å². The molecule has 1 N–H and O–H groups in total. The summed E-state index contributed by atoms with van der Waals surface area (Å²) in [5.74, 6) is 0.624. The van der Waals surface area contributed by atoms with Crippen molar-refractivity contribution in [1.29, 1.82) is 0 Å². The highest BCUT2D eigenvalue weighted by Gasteiger charge is 2.55. The predicted molar refractivity (Wildman–Crippen MR) is 50.5 cm³/mol. The van der Waals surface area contributed by atoms with Crippen LogP contribution in [0.1, 0.15) is 19.8 Å². The van der Waals surface area contributed by atoms with Gasteiger partial charge in [0.2, 0.25) is 0 Å². The van der Waals surface area contributed by atoms with Gasteiger partial charge in [0.05, 0.1) is 6.10 Å². The average molecular weight is 249 g/mol. The summed E-state index contributed by atoms with van der Waals surface area (Å²) in [5, 5.41) is 9.46. The second-order valence-corrected chi connectivity index (χ2v) is 5.33. The fourth-order valence-corrected chi connectivity index (χ4v) is 2.18. The van der Waals surface area contributed by atoms with Crippen LogP contribution < -0.4 is 0 Å². The van der Waals surface area contributed by atoms with Gasteiger partial charge in [0.25, 0.3) is 0 Å². The van der Waals surface area contributed by atoms with Crippen molar-refractivity contribution in [1.82, 2.24) is 0 Å². The van der Waals surface area contributed by atoms with Gasteiger partial charge in [0.15, 0.2) is 0 Å². The lowest BCUT2D eigenvalue weighted by Crippen LogP contribution is -2.24. The standard InChI is InChI=1S/C9H13BrO3/c1-4(10)9(12)13-8-3-7(11)5-2-6(5)8/h4-8,11H,2-3H2,1H3/t4-,5?,6?,7-,8+/m0/s1. The molecule has 5 atom stereocenters. The number of ether oxygens (including phenoxy) is 1. The second-order valence-electron chi connectivity index (χ2n) is 3.96. The summed E-state index contributed by atoms with van der Waals surface area (Å²) in [6.45, 7) is 1.75. The molecular formula is C9H13BrO3. The van der Waals surface area contributed by atoms with Gasteiger partial charge in [0, 0.05) is 12.3 Å². The molecule has 2 unspecified atom stereocenters. The Balaban J connectivity index is 1.86. The Labute approximate surface area is 85.6 Å². The minimum absolute atomic E-state index is 0.0347. The van der Waals surface area contributed by atoms with Crippen molar-refractivity contribution in [3.05, 3.63) is 0 Å². The molecule has 13 heavy (non-hydrogen) atoms. The maximum Gasteiger partial charge on any atom is 0.319 e. The van der Waals surface area contributed by atoms with E-state index in [1.165, 1.54) is 0 Å². The summed E-state index contributed by atoms with van der Waals surface area (Å²) in [6, 6.07) is 0. The second kappa shape index (κ2) is 3.24. The first-order valence-corrected chi connectivity index (χ1v) is 5.54. The lowest BCUT2D eigenvalue weighted by molar-refractivity contribution is -0.148. The highest BCUT2D eigenvalue weighted by atomic mass is 79.9. The minimum Gasteiger partial charge on any atom is -0.461 e. The Kier molecular flexibility index (Phi) is 2.36. The molecule has 2 aliphatic carbocycles. The zero-order valence-corrected chi connectivity index (χ0v) is 9.03. The summed E-state index contributed by atoms with van der Waals surface area (Å²) < 4.78 is 5.25. The van der Waals surface area contributed by atoms with E-state index in [0.717, 1.165) is 6.42 Å². The maximum absolute atomic E-state index is 11.2. The number of hydrogen-bond acceptors (Lipinski definition) is 3. The number of carbonyl (C=O) groups excluding carboxylic acids is 1. The lowest BCUT2D eigenvalue weighted by atomic mass is 10.2. The molecule has 0 amide bonds. The Morgan fingerprint density at radius 2 is 2.23 bits per heavy atom. The molecule has 0 aliphatic heterocycles. The number of rotatable bonds is 2. The van der Waals surface area contributed by atoms with Gasteiger partial charge >= 0.3 is 5.97 Å². The van der Waals surface area contributed by atoms with Crippen molar-refractivity contribution >= 4 is 21.9 Å². The fourth-order valence-electron chi connectivity index (χ4n) is 2.07. The van der Waals surface area contributed by atoms with Crippen LogP contribution in [-0.2, 0) is 9.53 Å². The topological polar surface area (TPSA) is 46.5 Å². The van der Waals surface area contributed by atoms with Gasteiger partial charge in [-0.25, -0.2) is 0 Å². The van der Waals surface area contributed by atoms with Crippen molar-refractivity contribution in [2.45, 2.75) is 36.8 Å². The van der Waals surface area contributed by atoms with Crippen LogP contribution in [0.15, 0.2) is 0 Å². The normalized spacial score (nSPS) is 43.9. The van der Waals surface area contributed by atoms with Gasteiger partial charge in [-0.05, 0) is 19.3 Å². The van der Waals surface area contributed by atoms with E-state index in [0.29, 0.717) is 18.3 Å².